The normalized spacial score (nSPS) is 10.2. The summed E-state index contributed by atoms with van der Waals surface area (Å²) in [6, 6.07) is 6.28. The second-order valence-corrected chi connectivity index (χ2v) is 3.95. The Morgan fingerprint density at radius 2 is 2.21 bits per heavy atom. The maximum atomic E-state index is 5.49. The molecule has 14 heavy (non-hydrogen) atoms. The molecule has 2 N–H and O–H groups in total. The van der Waals surface area contributed by atoms with Crippen molar-refractivity contribution in [1.82, 2.24) is 0 Å². The molecule has 0 heterocycles. The molecule has 1 aromatic rings. The standard InChI is InChI=1S/C11H17NOS/c1-13-11-6-5-10(14-2)8-9(11)4-3-7-12/h5-6,8H,3-4,7,12H2,1-2H3. The van der Waals surface area contributed by atoms with Gasteiger partial charge in [0, 0.05) is 4.90 Å². The van der Waals surface area contributed by atoms with E-state index in [4.69, 9.17) is 10.5 Å². The molecule has 0 spiro atoms. The average molecular weight is 211 g/mol. The first-order chi connectivity index (χ1) is 6.81. The number of benzene rings is 1. The molecule has 0 aliphatic rings. The molecular formula is C11H17NOS. The van der Waals surface area contributed by atoms with Crippen LogP contribution in [0.25, 0.3) is 0 Å². The van der Waals surface area contributed by atoms with Gasteiger partial charge in [-0.2, -0.15) is 0 Å². The van der Waals surface area contributed by atoms with E-state index in [1.54, 1.807) is 18.9 Å². The summed E-state index contributed by atoms with van der Waals surface area (Å²) in [6.45, 7) is 0.729. The van der Waals surface area contributed by atoms with Gasteiger partial charge in [0.15, 0.2) is 0 Å². The van der Waals surface area contributed by atoms with Crippen LogP contribution in [-0.4, -0.2) is 19.9 Å². The quantitative estimate of drug-likeness (QED) is 0.759. The molecule has 0 saturated heterocycles. The second-order valence-electron chi connectivity index (χ2n) is 3.07. The van der Waals surface area contributed by atoms with Gasteiger partial charge in [0.05, 0.1) is 7.11 Å². The fourth-order valence-corrected chi connectivity index (χ4v) is 1.83. The highest BCUT2D eigenvalue weighted by Crippen LogP contribution is 2.25. The highest BCUT2D eigenvalue weighted by Gasteiger charge is 2.03. The van der Waals surface area contributed by atoms with E-state index in [1.165, 1.54) is 10.5 Å². The predicted octanol–water partition coefficient (Wildman–Crippen LogP) is 2.31. The van der Waals surface area contributed by atoms with Crippen LogP contribution in [0, 0.1) is 0 Å². The third kappa shape index (κ3) is 2.93. The van der Waals surface area contributed by atoms with Gasteiger partial charge in [0.2, 0.25) is 0 Å². The molecule has 0 radical (unpaired) electrons. The molecule has 0 saturated carbocycles. The molecule has 1 rings (SSSR count). The summed E-state index contributed by atoms with van der Waals surface area (Å²) in [6.07, 6.45) is 4.08. The second kappa shape index (κ2) is 5.94. The van der Waals surface area contributed by atoms with Crippen LogP contribution in [0.5, 0.6) is 5.75 Å². The van der Waals surface area contributed by atoms with Crippen LogP contribution in [-0.2, 0) is 6.42 Å². The van der Waals surface area contributed by atoms with Gasteiger partial charge in [-0.3, -0.25) is 0 Å². The maximum absolute atomic E-state index is 5.49. The third-order valence-electron chi connectivity index (χ3n) is 2.14. The van der Waals surface area contributed by atoms with Crippen molar-refractivity contribution in [2.75, 3.05) is 19.9 Å². The number of aryl methyl sites for hydroxylation is 1. The minimum atomic E-state index is 0.729. The SMILES string of the molecule is COc1ccc(SC)cc1CCCN. The largest absolute Gasteiger partial charge is 0.496 e. The van der Waals surface area contributed by atoms with E-state index in [0.717, 1.165) is 25.1 Å². The molecule has 0 aliphatic heterocycles. The van der Waals surface area contributed by atoms with E-state index in [9.17, 15) is 0 Å². The highest BCUT2D eigenvalue weighted by atomic mass is 32.2. The lowest BCUT2D eigenvalue weighted by atomic mass is 10.1. The first-order valence-electron chi connectivity index (χ1n) is 4.72. The smallest absolute Gasteiger partial charge is 0.122 e. The van der Waals surface area contributed by atoms with E-state index >= 15 is 0 Å². The van der Waals surface area contributed by atoms with Crippen molar-refractivity contribution in [3.8, 4) is 5.75 Å². The number of ether oxygens (including phenoxy) is 1. The first kappa shape index (κ1) is 11.4. The van der Waals surface area contributed by atoms with Gasteiger partial charge < -0.3 is 10.5 Å². The maximum Gasteiger partial charge on any atom is 0.122 e. The minimum Gasteiger partial charge on any atom is -0.496 e. The molecule has 0 fully saturated rings. The highest BCUT2D eigenvalue weighted by molar-refractivity contribution is 7.98. The Morgan fingerprint density at radius 3 is 2.79 bits per heavy atom. The minimum absolute atomic E-state index is 0.729. The summed E-state index contributed by atoms with van der Waals surface area (Å²) in [5.41, 5.74) is 6.75. The van der Waals surface area contributed by atoms with Gasteiger partial charge in [-0.1, -0.05) is 0 Å². The van der Waals surface area contributed by atoms with E-state index in [2.05, 4.69) is 18.4 Å². The summed E-state index contributed by atoms with van der Waals surface area (Å²) in [5.74, 6) is 0.969. The van der Waals surface area contributed by atoms with E-state index < -0.39 is 0 Å². The topological polar surface area (TPSA) is 35.2 Å². The van der Waals surface area contributed by atoms with E-state index in [-0.39, 0.29) is 0 Å². The summed E-state index contributed by atoms with van der Waals surface area (Å²) >= 11 is 1.75. The number of methoxy groups -OCH3 is 1. The lowest BCUT2D eigenvalue weighted by Gasteiger charge is -2.09. The number of hydrogen-bond acceptors (Lipinski definition) is 3. The Kier molecular flexibility index (Phi) is 4.84. The van der Waals surface area contributed by atoms with Crippen molar-refractivity contribution >= 4 is 11.8 Å². The van der Waals surface area contributed by atoms with Crippen molar-refractivity contribution in [1.29, 1.82) is 0 Å². The van der Waals surface area contributed by atoms with Gasteiger partial charge in [0.25, 0.3) is 0 Å². The van der Waals surface area contributed by atoms with Crippen LogP contribution >= 0.6 is 11.8 Å². The van der Waals surface area contributed by atoms with Crippen molar-refractivity contribution in [2.24, 2.45) is 5.73 Å². The van der Waals surface area contributed by atoms with Crippen molar-refractivity contribution in [3.05, 3.63) is 23.8 Å². The van der Waals surface area contributed by atoms with Crippen molar-refractivity contribution in [2.45, 2.75) is 17.7 Å². The van der Waals surface area contributed by atoms with Crippen molar-refractivity contribution < 1.29 is 4.74 Å². The molecule has 3 heteroatoms. The molecule has 0 bridgehead atoms. The first-order valence-corrected chi connectivity index (χ1v) is 5.95. The molecule has 0 unspecified atom stereocenters. The van der Waals surface area contributed by atoms with Crippen LogP contribution < -0.4 is 10.5 Å². The van der Waals surface area contributed by atoms with E-state index in [1.807, 2.05) is 6.07 Å². The fourth-order valence-electron chi connectivity index (χ4n) is 1.37. The summed E-state index contributed by atoms with van der Waals surface area (Å²) in [4.78, 5) is 1.28. The van der Waals surface area contributed by atoms with Crippen LogP contribution in [0.4, 0.5) is 0 Å². The molecule has 1 aromatic carbocycles. The van der Waals surface area contributed by atoms with Gasteiger partial charge in [-0.05, 0) is 49.4 Å². The molecule has 78 valence electrons. The Bertz CT molecular complexity index is 289. The Morgan fingerprint density at radius 1 is 1.43 bits per heavy atom. The van der Waals surface area contributed by atoms with Crippen molar-refractivity contribution in [3.63, 3.8) is 0 Å². The molecule has 2 nitrogen and oxygen atoms in total. The monoisotopic (exact) mass is 211 g/mol. The van der Waals surface area contributed by atoms with Crippen LogP contribution in [0.2, 0.25) is 0 Å². The zero-order valence-electron chi connectivity index (χ0n) is 8.75. The van der Waals surface area contributed by atoms with Gasteiger partial charge in [0.1, 0.15) is 5.75 Å². The van der Waals surface area contributed by atoms with Crippen LogP contribution in [0.15, 0.2) is 23.1 Å². The van der Waals surface area contributed by atoms with Crippen LogP contribution in [0.1, 0.15) is 12.0 Å². The lowest BCUT2D eigenvalue weighted by molar-refractivity contribution is 0.409. The number of thioether (sulfide) groups is 1. The summed E-state index contributed by atoms with van der Waals surface area (Å²) in [5, 5.41) is 0. The average Bonchev–Trinajstić information content (AvgIpc) is 2.25. The Hall–Kier alpha value is -0.670. The molecule has 0 aliphatic carbocycles. The third-order valence-corrected chi connectivity index (χ3v) is 2.86. The van der Waals surface area contributed by atoms with E-state index in [0.29, 0.717) is 0 Å². The Labute approximate surface area is 89.8 Å². The van der Waals surface area contributed by atoms with Gasteiger partial charge >= 0.3 is 0 Å². The van der Waals surface area contributed by atoms with Gasteiger partial charge in [-0.15, -0.1) is 11.8 Å². The lowest BCUT2D eigenvalue weighted by Crippen LogP contribution is -2.01. The molecule has 0 amide bonds. The molecular weight excluding hydrogens is 194 g/mol. The zero-order valence-corrected chi connectivity index (χ0v) is 9.56. The Balaban J connectivity index is 2.84. The molecule has 0 aromatic heterocycles. The fraction of sp³-hybridized carbons (Fsp3) is 0.455. The number of rotatable bonds is 5. The number of hydrogen-bond donors (Lipinski definition) is 1. The summed E-state index contributed by atoms with van der Waals surface area (Å²) in [7, 11) is 1.71. The predicted molar refractivity (Wildman–Crippen MR) is 62.2 cm³/mol. The number of nitrogens with two attached hydrogens (primary N) is 1. The molecule has 0 atom stereocenters. The van der Waals surface area contributed by atoms with Crippen LogP contribution in [0.3, 0.4) is 0 Å². The zero-order chi connectivity index (χ0) is 10.4. The van der Waals surface area contributed by atoms with Gasteiger partial charge in [-0.25, -0.2) is 0 Å². The summed E-state index contributed by atoms with van der Waals surface area (Å²) < 4.78 is 5.29.